The van der Waals surface area contributed by atoms with Gasteiger partial charge in [0.2, 0.25) is 0 Å². The van der Waals surface area contributed by atoms with Crippen LogP contribution in [0.2, 0.25) is 15.1 Å². The van der Waals surface area contributed by atoms with Crippen molar-refractivity contribution in [2.24, 2.45) is 0 Å². The monoisotopic (exact) mass is 406 g/mol. The molecule has 7 heteroatoms. The molecule has 0 fully saturated rings. The normalized spacial score (nSPS) is 11.0. The van der Waals surface area contributed by atoms with E-state index in [0.29, 0.717) is 20.8 Å². The molecular weight excluding hydrogens is 402 g/mol. The first kappa shape index (κ1) is 14.4. The number of halogens is 4. The topological polar surface area (TPSA) is 24.9 Å². The van der Waals surface area contributed by atoms with E-state index in [4.69, 9.17) is 34.8 Å². The van der Waals surface area contributed by atoms with E-state index in [1.807, 2.05) is 18.2 Å². The van der Waals surface area contributed by atoms with Gasteiger partial charge in [0, 0.05) is 9.50 Å². The van der Waals surface area contributed by atoms with E-state index in [-0.39, 0.29) is 0 Å². The lowest BCUT2D eigenvalue weighted by Gasteiger charge is -2.07. The summed E-state index contributed by atoms with van der Waals surface area (Å²) in [5, 5.41) is 5.29. The van der Waals surface area contributed by atoms with E-state index < -0.39 is 0 Å². The van der Waals surface area contributed by atoms with Crippen molar-refractivity contribution in [2.45, 2.75) is 0 Å². The lowest BCUT2D eigenvalue weighted by Crippen LogP contribution is -1.91. The lowest BCUT2D eigenvalue weighted by molar-refractivity contribution is 1.44. The summed E-state index contributed by atoms with van der Waals surface area (Å²) in [6.45, 7) is 0. The van der Waals surface area contributed by atoms with Crippen molar-refractivity contribution in [1.82, 2.24) is 4.98 Å². The van der Waals surface area contributed by atoms with Gasteiger partial charge < -0.3 is 5.32 Å². The van der Waals surface area contributed by atoms with Gasteiger partial charge in [0.1, 0.15) is 0 Å². The van der Waals surface area contributed by atoms with E-state index in [2.05, 4.69) is 26.2 Å². The first-order valence-electron chi connectivity index (χ1n) is 5.50. The molecule has 0 amide bonds. The number of aromatic nitrogens is 1. The number of hydrogen-bond donors (Lipinski definition) is 1. The summed E-state index contributed by atoms with van der Waals surface area (Å²) >= 11 is 23.1. The number of hydrogen-bond acceptors (Lipinski definition) is 3. The second-order valence-electron chi connectivity index (χ2n) is 4.00. The molecule has 102 valence electrons. The van der Waals surface area contributed by atoms with Gasteiger partial charge in [-0.3, -0.25) is 0 Å². The van der Waals surface area contributed by atoms with Crippen molar-refractivity contribution < 1.29 is 0 Å². The second kappa shape index (κ2) is 5.70. The van der Waals surface area contributed by atoms with E-state index in [0.717, 1.165) is 19.8 Å². The van der Waals surface area contributed by atoms with Crippen LogP contribution in [0.4, 0.5) is 10.8 Å². The van der Waals surface area contributed by atoms with Crippen LogP contribution in [-0.4, -0.2) is 4.98 Å². The summed E-state index contributed by atoms with van der Waals surface area (Å²) in [7, 11) is 0. The molecule has 1 aromatic heterocycles. The number of nitrogens with one attached hydrogen (secondary N) is 1. The van der Waals surface area contributed by atoms with Crippen molar-refractivity contribution in [3.63, 3.8) is 0 Å². The van der Waals surface area contributed by atoms with Gasteiger partial charge in [0.15, 0.2) is 5.13 Å². The summed E-state index contributed by atoms with van der Waals surface area (Å²) in [6, 6.07) is 9.23. The summed E-state index contributed by atoms with van der Waals surface area (Å²) in [5.41, 5.74) is 1.52. The van der Waals surface area contributed by atoms with Crippen LogP contribution >= 0.6 is 62.1 Å². The average Bonchev–Trinajstić information content (AvgIpc) is 2.75. The minimum Gasteiger partial charge on any atom is -0.329 e. The number of nitrogens with zero attached hydrogens (tertiary/aromatic N) is 1. The predicted octanol–water partition coefficient (Wildman–Crippen LogP) is 6.76. The molecule has 1 N–H and O–H groups in total. The first-order chi connectivity index (χ1) is 9.52. The Bertz CT molecular complexity index is 780. The molecule has 3 rings (SSSR count). The maximum absolute atomic E-state index is 6.15. The zero-order valence-electron chi connectivity index (χ0n) is 9.75. The fraction of sp³-hybridized carbons (Fsp3) is 0. The summed E-state index contributed by atoms with van der Waals surface area (Å²) < 4.78 is 2.07. The summed E-state index contributed by atoms with van der Waals surface area (Å²) in [4.78, 5) is 4.50. The molecule has 2 nitrogen and oxygen atoms in total. The minimum atomic E-state index is 0.461. The molecule has 0 bridgehead atoms. The molecule has 0 aliphatic carbocycles. The van der Waals surface area contributed by atoms with E-state index in [1.165, 1.54) is 11.3 Å². The standard InChI is InChI=1S/C13H6BrCl3N2S/c14-6-1-2-11-10(3-6)18-13(20-11)19-12-8(16)4-7(15)5-9(12)17/h1-5H,(H,18,19). The molecule has 0 radical (unpaired) electrons. The Kier molecular flexibility index (Phi) is 4.11. The van der Waals surface area contributed by atoms with Gasteiger partial charge in [-0.25, -0.2) is 4.98 Å². The molecule has 0 saturated heterocycles. The molecule has 0 spiro atoms. The SMILES string of the molecule is Clc1cc(Cl)c(Nc2nc3cc(Br)ccc3s2)c(Cl)c1. The molecule has 0 saturated carbocycles. The zero-order chi connectivity index (χ0) is 14.3. The lowest BCUT2D eigenvalue weighted by atomic mass is 10.3. The van der Waals surface area contributed by atoms with Crippen molar-refractivity contribution in [3.05, 3.63) is 49.9 Å². The van der Waals surface area contributed by atoms with Gasteiger partial charge >= 0.3 is 0 Å². The minimum absolute atomic E-state index is 0.461. The molecule has 1 heterocycles. The molecular formula is C13H6BrCl3N2S. The maximum Gasteiger partial charge on any atom is 0.188 e. The smallest absolute Gasteiger partial charge is 0.188 e. The second-order valence-corrected chi connectivity index (χ2v) is 7.20. The molecule has 0 atom stereocenters. The van der Waals surface area contributed by atoms with E-state index >= 15 is 0 Å². The number of fused-ring (bicyclic) bond motifs is 1. The van der Waals surface area contributed by atoms with Gasteiger partial charge in [-0.1, -0.05) is 62.1 Å². The molecule has 3 aromatic rings. The van der Waals surface area contributed by atoms with Crippen LogP contribution in [0.15, 0.2) is 34.8 Å². The summed E-state index contributed by atoms with van der Waals surface area (Å²) in [5.74, 6) is 0. The van der Waals surface area contributed by atoms with Crippen LogP contribution in [0, 0.1) is 0 Å². The van der Waals surface area contributed by atoms with Gasteiger partial charge in [-0.2, -0.15) is 0 Å². The van der Waals surface area contributed by atoms with Gasteiger partial charge in [0.05, 0.1) is 25.9 Å². The highest BCUT2D eigenvalue weighted by Crippen LogP contribution is 2.37. The fourth-order valence-corrected chi connectivity index (χ4v) is 3.83. The zero-order valence-corrected chi connectivity index (χ0v) is 14.4. The van der Waals surface area contributed by atoms with Crippen LogP contribution in [0.1, 0.15) is 0 Å². The molecule has 20 heavy (non-hydrogen) atoms. The van der Waals surface area contributed by atoms with Gasteiger partial charge in [0.25, 0.3) is 0 Å². The quantitative estimate of drug-likeness (QED) is 0.506. The number of thiazole rings is 1. The Hall–Kier alpha value is -0.520. The highest BCUT2D eigenvalue weighted by atomic mass is 79.9. The molecule has 0 aliphatic rings. The number of anilines is 2. The third-order valence-electron chi connectivity index (χ3n) is 2.59. The third-order valence-corrected chi connectivity index (χ3v) is 4.85. The van der Waals surface area contributed by atoms with Crippen LogP contribution in [0.25, 0.3) is 10.2 Å². The highest BCUT2D eigenvalue weighted by Gasteiger charge is 2.11. The van der Waals surface area contributed by atoms with Crippen LogP contribution in [-0.2, 0) is 0 Å². The third kappa shape index (κ3) is 2.90. The van der Waals surface area contributed by atoms with Crippen molar-refractivity contribution in [1.29, 1.82) is 0 Å². The largest absolute Gasteiger partial charge is 0.329 e. The highest BCUT2D eigenvalue weighted by molar-refractivity contribution is 9.10. The fourth-order valence-electron chi connectivity index (χ4n) is 1.72. The van der Waals surface area contributed by atoms with Gasteiger partial charge in [-0.15, -0.1) is 0 Å². The van der Waals surface area contributed by atoms with Crippen LogP contribution < -0.4 is 5.32 Å². The Labute approximate surface area is 142 Å². The Morgan fingerprint density at radius 3 is 2.45 bits per heavy atom. The molecule has 0 unspecified atom stereocenters. The first-order valence-corrected chi connectivity index (χ1v) is 8.25. The van der Waals surface area contributed by atoms with E-state index in [1.54, 1.807) is 12.1 Å². The molecule has 0 aliphatic heterocycles. The predicted molar refractivity (Wildman–Crippen MR) is 92.1 cm³/mol. The number of benzene rings is 2. The Morgan fingerprint density at radius 2 is 1.75 bits per heavy atom. The van der Waals surface area contributed by atoms with Crippen molar-refractivity contribution >= 4 is 83.1 Å². The van der Waals surface area contributed by atoms with E-state index in [9.17, 15) is 0 Å². The molecule has 2 aromatic carbocycles. The summed E-state index contributed by atoms with van der Waals surface area (Å²) in [6.07, 6.45) is 0. The number of rotatable bonds is 2. The van der Waals surface area contributed by atoms with Crippen LogP contribution in [0.5, 0.6) is 0 Å². The van der Waals surface area contributed by atoms with Crippen LogP contribution in [0.3, 0.4) is 0 Å². The Morgan fingerprint density at radius 1 is 1.05 bits per heavy atom. The maximum atomic E-state index is 6.15. The Balaban J connectivity index is 2.01. The van der Waals surface area contributed by atoms with Crippen molar-refractivity contribution in [3.8, 4) is 0 Å². The van der Waals surface area contributed by atoms with Crippen molar-refractivity contribution in [2.75, 3.05) is 5.32 Å². The van der Waals surface area contributed by atoms with Gasteiger partial charge in [-0.05, 0) is 30.3 Å². The average molecular weight is 409 g/mol.